The predicted octanol–water partition coefficient (Wildman–Crippen LogP) is 5.19. The summed E-state index contributed by atoms with van der Waals surface area (Å²) in [5, 5.41) is 0. The first-order chi connectivity index (χ1) is 13.2. The van der Waals surface area contributed by atoms with Gasteiger partial charge in [-0.05, 0) is 37.0 Å². The summed E-state index contributed by atoms with van der Waals surface area (Å²) >= 11 is 0. The highest BCUT2D eigenvalue weighted by Gasteiger charge is 2.23. The molecule has 0 saturated carbocycles. The van der Waals surface area contributed by atoms with E-state index in [9.17, 15) is 9.59 Å². The second-order valence-electron chi connectivity index (χ2n) is 6.42. The fourth-order valence-corrected chi connectivity index (χ4v) is 2.95. The number of hydrogen-bond donors (Lipinski definition) is 0. The van der Waals surface area contributed by atoms with Crippen molar-refractivity contribution in [3.63, 3.8) is 0 Å². The average Bonchev–Trinajstić information content (AvgIpc) is 2.68. The smallest absolute Gasteiger partial charge is 0.339 e. The molecule has 4 heteroatoms. The van der Waals surface area contributed by atoms with Crippen molar-refractivity contribution in [1.29, 1.82) is 0 Å². The summed E-state index contributed by atoms with van der Waals surface area (Å²) < 4.78 is 10.6. The van der Waals surface area contributed by atoms with Gasteiger partial charge in [-0.2, -0.15) is 0 Å². The van der Waals surface area contributed by atoms with E-state index in [0.29, 0.717) is 18.6 Å². The van der Waals surface area contributed by atoms with Crippen molar-refractivity contribution in [3.8, 4) is 0 Å². The lowest BCUT2D eigenvalue weighted by Crippen LogP contribution is -2.17. The molecule has 0 heterocycles. The normalized spacial score (nSPS) is 10.4. The molecule has 0 aliphatic carbocycles. The van der Waals surface area contributed by atoms with Gasteiger partial charge in [0.15, 0.2) is 0 Å². The zero-order valence-corrected chi connectivity index (χ0v) is 16.2. The molecule has 0 radical (unpaired) electrons. The molecule has 27 heavy (non-hydrogen) atoms. The van der Waals surface area contributed by atoms with E-state index in [0.717, 1.165) is 36.8 Å². The van der Waals surface area contributed by atoms with Crippen molar-refractivity contribution in [1.82, 2.24) is 0 Å². The zero-order chi connectivity index (χ0) is 19.5. The van der Waals surface area contributed by atoms with Crippen LogP contribution in [0.3, 0.4) is 0 Å². The number of carbonyl (C=O) groups excluding carboxylic acids is 2. The molecular weight excluding hydrogens is 340 g/mol. The Morgan fingerprint density at radius 3 is 2.30 bits per heavy atom. The third kappa shape index (κ3) is 6.24. The summed E-state index contributed by atoms with van der Waals surface area (Å²) in [6, 6.07) is 15.1. The Labute approximate surface area is 161 Å². The van der Waals surface area contributed by atoms with E-state index < -0.39 is 11.9 Å². The van der Waals surface area contributed by atoms with Crippen LogP contribution in [0.2, 0.25) is 0 Å². The van der Waals surface area contributed by atoms with E-state index in [1.54, 1.807) is 19.1 Å². The molecule has 0 spiro atoms. The fraction of sp³-hybridized carbons (Fsp3) is 0.391. The van der Waals surface area contributed by atoms with Crippen LogP contribution < -0.4 is 0 Å². The van der Waals surface area contributed by atoms with Gasteiger partial charge in [0.05, 0.1) is 24.3 Å². The maximum Gasteiger partial charge on any atom is 0.339 e. The van der Waals surface area contributed by atoms with Crippen molar-refractivity contribution < 1.29 is 19.1 Å². The van der Waals surface area contributed by atoms with Crippen molar-refractivity contribution in [3.05, 3.63) is 70.8 Å². The Bertz CT molecular complexity index is 737. The third-order valence-electron chi connectivity index (χ3n) is 4.32. The monoisotopic (exact) mass is 368 g/mol. The first-order valence-electron chi connectivity index (χ1n) is 9.67. The van der Waals surface area contributed by atoms with E-state index in [-0.39, 0.29) is 12.2 Å². The van der Waals surface area contributed by atoms with E-state index in [1.165, 1.54) is 0 Å². The van der Waals surface area contributed by atoms with Crippen LogP contribution in [-0.2, 0) is 15.9 Å². The first kappa shape index (κ1) is 20.7. The van der Waals surface area contributed by atoms with Crippen molar-refractivity contribution in [2.75, 3.05) is 13.2 Å². The van der Waals surface area contributed by atoms with Crippen LogP contribution in [0.5, 0.6) is 0 Å². The number of ether oxygens (including phenoxy) is 2. The van der Waals surface area contributed by atoms with Gasteiger partial charge in [-0.15, -0.1) is 0 Å². The molecule has 4 nitrogen and oxygen atoms in total. The molecule has 0 unspecified atom stereocenters. The number of rotatable bonds is 10. The van der Waals surface area contributed by atoms with Crippen LogP contribution in [0.25, 0.3) is 0 Å². The third-order valence-corrected chi connectivity index (χ3v) is 4.32. The highest BCUT2D eigenvalue weighted by molar-refractivity contribution is 6.04. The maximum atomic E-state index is 12.8. The molecule has 0 atom stereocenters. The zero-order valence-electron chi connectivity index (χ0n) is 16.2. The Hall–Kier alpha value is -2.62. The largest absolute Gasteiger partial charge is 0.462 e. The number of esters is 2. The molecule has 2 rings (SSSR count). The van der Waals surface area contributed by atoms with E-state index in [4.69, 9.17) is 9.47 Å². The van der Waals surface area contributed by atoms with Gasteiger partial charge < -0.3 is 9.47 Å². The van der Waals surface area contributed by atoms with Crippen LogP contribution in [-0.4, -0.2) is 25.2 Å². The number of hydrogen-bond acceptors (Lipinski definition) is 4. The predicted molar refractivity (Wildman–Crippen MR) is 106 cm³/mol. The molecule has 0 bridgehead atoms. The second-order valence-corrected chi connectivity index (χ2v) is 6.42. The average molecular weight is 368 g/mol. The molecule has 2 aromatic rings. The van der Waals surface area contributed by atoms with Gasteiger partial charge >= 0.3 is 11.9 Å². The van der Waals surface area contributed by atoms with Crippen LogP contribution in [0.4, 0.5) is 0 Å². The molecule has 0 saturated heterocycles. The number of carbonyl (C=O) groups is 2. The number of unbranched alkanes of at least 4 members (excludes halogenated alkanes) is 3. The summed E-state index contributed by atoms with van der Waals surface area (Å²) in [6.45, 7) is 4.50. The Balaban J connectivity index is 2.25. The summed E-state index contributed by atoms with van der Waals surface area (Å²) in [7, 11) is 0. The molecule has 0 aromatic heterocycles. The quantitative estimate of drug-likeness (QED) is 0.428. The lowest BCUT2D eigenvalue weighted by Gasteiger charge is -2.14. The van der Waals surface area contributed by atoms with Crippen LogP contribution in [0, 0.1) is 0 Å². The molecule has 0 N–H and O–H groups in total. The molecule has 0 amide bonds. The first-order valence-corrected chi connectivity index (χ1v) is 9.67. The minimum atomic E-state index is -0.495. The van der Waals surface area contributed by atoms with Gasteiger partial charge in [0.2, 0.25) is 0 Å². The van der Waals surface area contributed by atoms with Crippen molar-refractivity contribution >= 4 is 11.9 Å². The lowest BCUT2D eigenvalue weighted by molar-refractivity contribution is 0.0461. The fourth-order valence-electron chi connectivity index (χ4n) is 2.95. The van der Waals surface area contributed by atoms with E-state index >= 15 is 0 Å². The van der Waals surface area contributed by atoms with Crippen molar-refractivity contribution in [2.24, 2.45) is 0 Å². The van der Waals surface area contributed by atoms with E-state index in [2.05, 4.69) is 6.92 Å². The SMILES string of the molecule is CCCCCCOC(=O)c1c(Cc2ccccc2)cccc1C(=O)OCC. The van der Waals surface area contributed by atoms with Crippen LogP contribution in [0.15, 0.2) is 48.5 Å². The highest BCUT2D eigenvalue weighted by atomic mass is 16.5. The summed E-state index contributed by atoms with van der Waals surface area (Å²) in [5.74, 6) is -0.952. The maximum absolute atomic E-state index is 12.8. The van der Waals surface area contributed by atoms with Gasteiger partial charge in [0, 0.05) is 0 Å². The summed E-state index contributed by atoms with van der Waals surface area (Å²) in [4.78, 5) is 25.1. The van der Waals surface area contributed by atoms with Gasteiger partial charge in [0.25, 0.3) is 0 Å². The minimum absolute atomic E-state index is 0.257. The summed E-state index contributed by atoms with van der Waals surface area (Å²) in [6.07, 6.45) is 4.65. The lowest BCUT2D eigenvalue weighted by atomic mass is 9.95. The second kappa shape index (κ2) is 11.2. The minimum Gasteiger partial charge on any atom is -0.462 e. The van der Waals surface area contributed by atoms with Crippen LogP contribution >= 0.6 is 0 Å². The molecule has 144 valence electrons. The molecule has 2 aromatic carbocycles. The molecule has 0 aliphatic heterocycles. The highest BCUT2D eigenvalue weighted by Crippen LogP contribution is 2.21. The van der Waals surface area contributed by atoms with Gasteiger partial charge in [-0.25, -0.2) is 9.59 Å². The van der Waals surface area contributed by atoms with E-state index in [1.807, 2.05) is 36.4 Å². The Morgan fingerprint density at radius 2 is 1.59 bits per heavy atom. The number of benzene rings is 2. The molecule has 0 aliphatic rings. The van der Waals surface area contributed by atoms with Gasteiger partial charge in [0.1, 0.15) is 0 Å². The molecular formula is C23H28O4. The molecule has 0 fully saturated rings. The standard InChI is InChI=1S/C23H28O4/c1-3-5-6-10-16-27-23(25)21-19(17-18-12-8-7-9-13-18)14-11-15-20(21)22(24)26-4-2/h7-9,11-15H,3-6,10,16-17H2,1-2H3. The van der Waals surface area contributed by atoms with Gasteiger partial charge in [-0.3, -0.25) is 0 Å². The van der Waals surface area contributed by atoms with Gasteiger partial charge in [-0.1, -0.05) is 68.7 Å². The Kier molecular flexibility index (Phi) is 8.56. The Morgan fingerprint density at radius 1 is 0.815 bits per heavy atom. The summed E-state index contributed by atoms with van der Waals surface area (Å²) in [5.41, 5.74) is 2.42. The van der Waals surface area contributed by atoms with Crippen LogP contribution in [0.1, 0.15) is 71.4 Å². The topological polar surface area (TPSA) is 52.6 Å². The van der Waals surface area contributed by atoms with Crippen molar-refractivity contribution in [2.45, 2.75) is 46.0 Å².